The second-order valence-corrected chi connectivity index (χ2v) is 6.30. The van der Waals surface area contributed by atoms with E-state index in [2.05, 4.69) is 15.5 Å². The summed E-state index contributed by atoms with van der Waals surface area (Å²) in [6.45, 7) is 3.16. The number of β-amino-alcohol motifs (C(OH)–C–C–N with tert-alkyl or cyclic N) is 1. The molecule has 1 aliphatic heterocycles. The van der Waals surface area contributed by atoms with Crippen LogP contribution in [0.3, 0.4) is 0 Å². The van der Waals surface area contributed by atoms with Gasteiger partial charge in [0.05, 0.1) is 6.10 Å². The third-order valence-electron chi connectivity index (χ3n) is 3.61. The zero-order valence-corrected chi connectivity index (χ0v) is 13.8. The van der Waals surface area contributed by atoms with Gasteiger partial charge in [0.25, 0.3) is 0 Å². The molecule has 0 aromatic heterocycles. The number of carbonyl (C=O) groups excluding carboxylic acids is 1. The molecule has 0 bridgehead atoms. The van der Waals surface area contributed by atoms with Crippen molar-refractivity contribution in [3.8, 4) is 0 Å². The Bertz CT molecular complexity index is 508. The van der Waals surface area contributed by atoms with Gasteiger partial charge in [-0.25, -0.2) is 4.79 Å². The fourth-order valence-electron chi connectivity index (χ4n) is 2.46. The molecule has 0 radical (unpaired) electrons. The minimum Gasteiger partial charge on any atom is -0.390 e. The highest BCUT2D eigenvalue weighted by Crippen LogP contribution is 2.20. The molecule has 2 amide bonds. The van der Waals surface area contributed by atoms with Crippen LogP contribution in [0.2, 0.25) is 10.0 Å². The molecule has 0 unspecified atom stereocenters. The Hall–Kier alpha value is -1.01. The fourth-order valence-corrected chi connectivity index (χ4v) is 2.83. The van der Waals surface area contributed by atoms with Crippen molar-refractivity contribution in [1.82, 2.24) is 15.5 Å². The van der Waals surface area contributed by atoms with Crippen molar-refractivity contribution in [1.29, 1.82) is 0 Å². The van der Waals surface area contributed by atoms with Crippen molar-refractivity contribution in [2.75, 3.05) is 26.2 Å². The molecule has 1 saturated heterocycles. The number of nitrogens with one attached hydrogen (secondary N) is 2. The molecule has 7 heteroatoms. The van der Waals surface area contributed by atoms with Crippen LogP contribution in [0.15, 0.2) is 18.2 Å². The number of halogens is 2. The molecule has 122 valence electrons. The van der Waals surface area contributed by atoms with Crippen LogP contribution in [0.4, 0.5) is 4.79 Å². The standard InChI is InChI=1S/C15H21Cl2N3O2/c16-12-3-4-14(17)11(7-12)8-18-15(22)19-9-13(21)10-20-5-1-2-6-20/h3-4,7,13,21H,1-2,5-6,8-10H2,(H2,18,19,22)/t13-/m0/s1. The summed E-state index contributed by atoms with van der Waals surface area (Å²) in [7, 11) is 0. The summed E-state index contributed by atoms with van der Waals surface area (Å²) in [4.78, 5) is 13.9. The van der Waals surface area contributed by atoms with Gasteiger partial charge in [0.1, 0.15) is 0 Å². The van der Waals surface area contributed by atoms with E-state index in [-0.39, 0.29) is 19.1 Å². The second-order valence-electron chi connectivity index (χ2n) is 5.46. The van der Waals surface area contributed by atoms with E-state index in [4.69, 9.17) is 23.2 Å². The van der Waals surface area contributed by atoms with Crippen LogP contribution in [-0.2, 0) is 6.54 Å². The molecular weight excluding hydrogens is 325 g/mol. The summed E-state index contributed by atoms with van der Waals surface area (Å²) in [5.74, 6) is 0. The topological polar surface area (TPSA) is 64.6 Å². The van der Waals surface area contributed by atoms with Crippen molar-refractivity contribution in [3.05, 3.63) is 33.8 Å². The molecule has 1 atom stereocenters. The molecular formula is C15H21Cl2N3O2. The summed E-state index contributed by atoms with van der Waals surface area (Å²) in [6.07, 6.45) is 1.81. The third-order valence-corrected chi connectivity index (χ3v) is 4.22. The molecule has 3 N–H and O–H groups in total. The lowest BCUT2D eigenvalue weighted by molar-refractivity contribution is 0.124. The van der Waals surface area contributed by atoms with E-state index in [1.807, 2.05) is 0 Å². The first-order valence-corrected chi connectivity index (χ1v) is 8.16. The van der Waals surface area contributed by atoms with Gasteiger partial charge in [-0.05, 0) is 49.7 Å². The quantitative estimate of drug-likeness (QED) is 0.740. The Labute approximate surface area is 140 Å². The first kappa shape index (κ1) is 17.3. The number of nitrogens with zero attached hydrogens (tertiary/aromatic N) is 1. The monoisotopic (exact) mass is 345 g/mol. The Morgan fingerprint density at radius 3 is 2.73 bits per heavy atom. The van der Waals surface area contributed by atoms with Gasteiger partial charge < -0.3 is 20.6 Å². The number of carbonyl (C=O) groups is 1. The van der Waals surface area contributed by atoms with Crippen LogP contribution in [-0.4, -0.2) is 48.3 Å². The highest BCUT2D eigenvalue weighted by Gasteiger charge is 2.16. The summed E-state index contributed by atoms with van der Waals surface area (Å²) in [6, 6.07) is 4.77. The normalized spacial score (nSPS) is 16.5. The number of rotatable bonds is 6. The lowest BCUT2D eigenvalue weighted by Crippen LogP contribution is -2.43. The van der Waals surface area contributed by atoms with Crippen molar-refractivity contribution in [2.24, 2.45) is 0 Å². The lowest BCUT2D eigenvalue weighted by atomic mass is 10.2. The number of amides is 2. The summed E-state index contributed by atoms with van der Waals surface area (Å²) in [5.41, 5.74) is 0.752. The Morgan fingerprint density at radius 1 is 1.27 bits per heavy atom. The number of likely N-dealkylation sites (tertiary alicyclic amines) is 1. The third kappa shape index (κ3) is 5.65. The van der Waals surface area contributed by atoms with Gasteiger partial charge in [0.2, 0.25) is 0 Å². The maximum atomic E-state index is 11.7. The molecule has 0 saturated carbocycles. The Balaban J connectivity index is 1.68. The summed E-state index contributed by atoms with van der Waals surface area (Å²) in [5, 5.41) is 16.4. The van der Waals surface area contributed by atoms with E-state index >= 15 is 0 Å². The minimum atomic E-state index is -0.557. The number of aliphatic hydroxyl groups is 1. The van der Waals surface area contributed by atoms with E-state index in [9.17, 15) is 9.90 Å². The van der Waals surface area contributed by atoms with Gasteiger partial charge in [-0.2, -0.15) is 0 Å². The maximum Gasteiger partial charge on any atom is 0.315 e. The van der Waals surface area contributed by atoms with Crippen LogP contribution in [0.1, 0.15) is 18.4 Å². The Morgan fingerprint density at radius 2 is 2.00 bits per heavy atom. The van der Waals surface area contributed by atoms with Gasteiger partial charge in [0, 0.05) is 29.7 Å². The minimum absolute atomic E-state index is 0.228. The van der Waals surface area contributed by atoms with Gasteiger partial charge >= 0.3 is 6.03 Å². The molecule has 2 rings (SSSR count). The average molecular weight is 346 g/mol. The maximum absolute atomic E-state index is 11.7. The van der Waals surface area contributed by atoms with Crippen molar-refractivity contribution in [2.45, 2.75) is 25.5 Å². The zero-order chi connectivity index (χ0) is 15.9. The average Bonchev–Trinajstić information content (AvgIpc) is 2.99. The number of aliphatic hydroxyl groups excluding tert-OH is 1. The number of benzene rings is 1. The van der Waals surface area contributed by atoms with E-state index in [1.165, 1.54) is 12.8 Å². The molecule has 1 fully saturated rings. The van der Waals surface area contributed by atoms with Crippen molar-refractivity contribution in [3.63, 3.8) is 0 Å². The molecule has 1 aromatic rings. The first-order chi connectivity index (χ1) is 10.5. The first-order valence-electron chi connectivity index (χ1n) is 7.40. The number of hydrogen-bond donors (Lipinski definition) is 3. The highest BCUT2D eigenvalue weighted by molar-refractivity contribution is 6.33. The molecule has 0 spiro atoms. The zero-order valence-electron chi connectivity index (χ0n) is 12.3. The molecule has 22 heavy (non-hydrogen) atoms. The van der Waals surface area contributed by atoms with Gasteiger partial charge in [-0.3, -0.25) is 0 Å². The largest absolute Gasteiger partial charge is 0.390 e. The van der Waals surface area contributed by atoms with Gasteiger partial charge in [0.15, 0.2) is 0 Å². The lowest BCUT2D eigenvalue weighted by Gasteiger charge is -2.19. The number of urea groups is 1. The van der Waals surface area contributed by atoms with E-state index in [0.717, 1.165) is 18.7 Å². The van der Waals surface area contributed by atoms with Gasteiger partial charge in [-0.1, -0.05) is 23.2 Å². The van der Waals surface area contributed by atoms with Crippen molar-refractivity contribution < 1.29 is 9.90 Å². The SMILES string of the molecule is O=C(NCc1cc(Cl)ccc1Cl)NC[C@H](O)CN1CCCC1. The van der Waals surface area contributed by atoms with E-state index in [1.54, 1.807) is 18.2 Å². The smallest absolute Gasteiger partial charge is 0.315 e. The van der Waals surface area contributed by atoms with Crippen LogP contribution in [0.5, 0.6) is 0 Å². The molecule has 0 aliphatic carbocycles. The van der Waals surface area contributed by atoms with E-state index in [0.29, 0.717) is 16.6 Å². The predicted octanol–water partition coefficient (Wildman–Crippen LogP) is 2.25. The predicted molar refractivity (Wildman–Crippen MR) is 88.4 cm³/mol. The second kappa shape index (κ2) is 8.58. The van der Waals surface area contributed by atoms with E-state index < -0.39 is 6.10 Å². The van der Waals surface area contributed by atoms with Crippen LogP contribution in [0.25, 0.3) is 0 Å². The highest BCUT2D eigenvalue weighted by atomic mass is 35.5. The molecule has 1 aromatic carbocycles. The summed E-state index contributed by atoms with van der Waals surface area (Å²) >= 11 is 11.9. The Kier molecular flexibility index (Phi) is 6.76. The summed E-state index contributed by atoms with van der Waals surface area (Å²) < 4.78 is 0. The van der Waals surface area contributed by atoms with Crippen LogP contribution >= 0.6 is 23.2 Å². The molecule has 1 heterocycles. The molecule has 1 aliphatic rings. The fraction of sp³-hybridized carbons (Fsp3) is 0.533. The molecule has 5 nitrogen and oxygen atoms in total. The van der Waals surface area contributed by atoms with Crippen LogP contribution < -0.4 is 10.6 Å². The van der Waals surface area contributed by atoms with Crippen LogP contribution in [0, 0.1) is 0 Å². The number of hydrogen-bond acceptors (Lipinski definition) is 3. The van der Waals surface area contributed by atoms with Crippen molar-refractivity contribution >= 4 is 29.2 Å². The van der Waals surface area contributed by atoms with Gasteiger partial charge in [-0.15, -0.1) is 0 Å².